The number of fused-ring (bicyclic) bond motifs is 1. The van der Waals surface area contributed by atoms with E-state index in [9.17, 15) is 14.4 Å². The number of carbonyl (C=O) groups is 3. The third kappa shape index (κ3) is 2.16. The van der Waals surface area contributed by atoms with Gasteiger partial charge in [0, 0.05) is 0 Å². The Labute approximate surface area is 116 Å². The number of hydrogen-bond acceptors (Lipinski definition) is 4. The second kappa shape index (κ2) is 5.16. The number of amides is 3. The van der Waals surface area contributed by atoms with Crippen LogP contribution < -0.4 is 5.32 Å². The summed E-state index contributed by atoms with van der Waals surface area (Å²) in [4.78, 5) is 37.2. The summed E-state index contributed by atoms with van der Waals surface area (Å²) in [5, 5.41) is 2.37. The summed E-state index contributed by atoms with van der Waals surface area (Å²) in [6.45, 7) is 4.93. The smallest absolute Gasteiger partial charge is 0.262 e. The summed E-state index contributed by atoms with van der Waals surface area (Å²) in [6, 6.07) is 5.52. The molecule has 1 heterocycles. The molecule has 0 saturated carbocycles. The van der Waals surface area contributed by atoms with Gasteiger partial charge in [0.05, 0.1) is 18.2 Å². The van der Waals surface area contributed by atoms with Gasteiger partial charge < -0.3 is 4.74 Å². The van der Waals surface area contributed by atoms with Crippen molar-refractivity contribution in [2.75, 3.05) is 7.11 Å². The molecule has 1 aliphatic rings. The normalized spacial score (nSPS) is 14.8. The van der Waals surface area contributed by atoms with E-state index in [2.05, 4.69) is 11.9 Å². The van der Waals surface area contributed by atoms with Crippen molar-refractivity contribution < 1.29 is 19.1 Å². The average molecular weight is 274 g/mol. The lowest BCUT2D eigenvalue weighted by atomic mass is 10.1. The van der Waals surface area contributed by atoms with Crippen LogP contribution in [0.5, 0.6) is 0 Å². The van der Waals surface area contributed by atoms with Crippen LogP contribution in [-0.2, 0) is 9.53 Å². The highest BCUT2D eigenvalue weighted by Crippen LogP contribution is 2.24. The predicted molar refractivity (Wildman–Crippen MR) is 70.7 cm³/mol. The SMILES string of the molecule is C=C(NC(=O)[C@H](C)N1C(=O)c2ccccc2C1=O)OC. The summed E-state index contributed by atoms with van der Waals surface area (Å²) in [5.41, 5.74) is 0.616. The zero-order valence-corrected chi connectivity index (χ0v) is 11.2. The van der Waals surface area contributed by atoms with Crippen molar-refractivity contribution in [2.24, 2.45) is 0 Å². The quantitative estimate of drug-likeness (QED) is 0.654. The van der Waals surface area contributed by atoms with Crippen LogP contribution in [-0.4, -0.2) is 35.8 Å². The molecule has 1 atom stereocenters. The maximum Gasteiger partial charge on any atom is 0.262 e. The Hall–Kier alpha value is -2.63. The first kappa shape index (κ1) is 13.8. The van der Waals surface area contributed by atoms with Gasteiger partial charge >= 0.3 is 0 Å². The number of hydrogen-bond donors (Lipinski definition) is 1. The zero-order valence-electron chi connectivity index (χ0n) is 11.2. The Kier molecular flexibility index (Phi) is 3.56. The van der Waals surface area contributed by atoms with Crippen molar-refractivity contribution in [3.05, 3.63) is 47.9 Å². The van der Waals surface area contributed by atoms with Gasteiger partial charge in [-0.2, -0.15) is 0 Å². The molecule has 1 N–H and O–H groups in total. The lowest BCUT2D eigenvalue weighted by Gasteiger charge is -2.21. The minimum atomic E-state index is -0.950. The van der Waals surface area contributed by atoms with E-state index >= 15 is 0 Å². The minimum absolute atomic E-state index is 0.0541. The number of benzene rings is 1. The van der Waals surface area contributed by atoms with Gasteiger partial charge in [0.15, 0.2) is 5.88 Å². The van der Waals surface area contributed by atoms with E-state index < -0.39 is 23.8 Å². The molecule has 104 valence electrons. The second-order valence-electron chi connectivity index (χ2n) is 4.32. The van der Waals surface area contributed by atoms with E-state index in [0.717, 1.165) is 4.90 Å². The Morgan fingerprint density at radius 3 is 2.20 bits per heavy atom. The van der Waals surface area contributed by atoms with Crippen LogP contribution in [0.1, 0.15) is 27.6 Å². The number of ether oxygens (including phenoxy) is 1. The second-order valence-corrected chi connectivity index (χ2v) is 4.32. The molecule has 0 fully saturated rings. The topological polar surface area (TPSA) is 75.7 Å². The fourth-order valence-electron chi connectivity index (χ4n) is 1.97. The molecular formula is C14H14N2O4. The van der Waals surface area contributed by atoms with Gasteiger partial charge in [-0.1, -0.05) is 12.1 Å². The van der Waals surface area contributed by atoms with E-state index in [0.29, 0.717) is 11.1 Å². The van der Waals surface area contributed by atoms with Crippen molar-refractivity contribution in [1.82, 2.24) is 10.2 Å². The van der Waals surface area contributed by atoms with Crippen molar-refractivity contribution >= 4 is 17.7 Å². The molecule has 0 aromatic heterocycles. The van der Waals surface area contributed by atoms with E-state index in [4.69, 9.17) is 4.74 Å². The van der Waals surface area contributed by atoms with Gasteiger partial charge in [-0.15, -0.1) is 0 Å². The van der Waals surface area contributed by atoms with E-state index in [1.54, 1.807) is 24.3 Å². The van der Waals surface area contributed by atoms with Crippen LogP contribution in [0, 0.1) is 0 Å². The maximum absolute atomic E-state index is 12.2. The molecule has 6 nitrogen and oxygen atoms in total. The standard InChI is InChI=1S/C14H14N2O4/c1-8(12(17)15-9(2)20-3)16-13(18)10-6-4-5-7-11(10)14(16)19/h4-8H,2H2,1,3H3,(H,15,17)/t8-/m0/s1. The average Bonchev–Trinajstić information content (AvgIpc) is 2.70. The molecule has 1 aromatic rings. The van der Waals surface area contributed by atoms with Crippen molar-refractivity contribution in [1.29, 1.82) is 0 Å². The first-order chi connectivity index (χ1) is 9.47. The number of rotatable bonds is 4. The lowest BCUT2D eigenvalue weighted by molar-refractivity contribution is -0.124. The van der Waals surface area contributed by atoms with Crippen LogP contribution in [0.4, 0.5) is 0 Å². The Bertz CT molecular complexity index is 574. The van der Waals surface area contributed by atoms with Gasteiger partial charge in [0.25, 0.3) is 11.8 Å². The highest BCUT2D eigenvalue weighted by atomic mass is 16.5. The molecule has 6 heteroatoms. The summed E-state index contributed by atoms with van der Waals surface area (Å²) >= 11 is 0. The Morgan fingerprint density at radius 2 is 1.75 bits per heavy atom. The van der Waals surface area contributed by atoms with E-state index in [1.807, 2.05) is 0 Å². The number of imide groups is 1. The monoisotopic (exact) mass is 274 g/mol. The molecule has 0 unspecified atom stereocenters. The van der Waals surface area contributed by atoms with Gasteiger partial charge in [0.1, 0.15) is 6.04 Å². The number of nitrogens with zero attached hydrogens (tertiary/aromatic N) is 1. The fraction of sp³-hybridized carbons (Fsp3) is 0.214. The molecular weight excluding hydrogens is 260 g/mol. The van der Waals surface area contributed by atoms with Gasteiger partial charge in [-0.3, -0.25) is 24.6 Å². The lowest BCUT2D eigenvalue weighted by Crippen LogP contribution is -2.47. The molecule has 0 spiro atoms. The van der Waals surface area contributed by atoms with Gasteiger partial charge in [0.2, 0.25) is 5.91 Å². The number of nitrogens with one attached hydrogen (secondary N) is 1. The van der Waals surface area contributed by atoms with Crippen molar-refractivity contribution in [3.8, 4) is 0 Å². The van der Waals surface area contributed by atoms with Crippen molar-refractivity contribution in [2.45, 2.75) is 13.0 Å². The molecule has 20 heavy (non-hydrogen) atoms. The van der Waals surface area contributed by atoms with Crippen LogP contribution in [0.3, 0.4) is 0 Å². The maximum atomic E-state index is 12.2. The fourth-order valence-corrected chi connectivity index (χ4v) is 1.97. The molecule has 0 aliphatic carbocycles. The van der Waals surface area contributed by atoms with Crippen molar-refractivity contribution in [3.63, 3.8) is 0 Å². The molecule has 0 saturated heterocycles. The number of carbonyl (C=O) groups excluding carboxylic acids is 3. The predicted octanol–water partition coefficient (Wildman–Crippen LogP) is 0.905. The molecule has 0 bridgehead atoms. The minimum Gasteiger partial charge on any atom is -0.483 e. The largest absolute Gasteiger partial charge is 0.483 e. The Morgan fingerprint density at radius 1 is 1.25 bits per heavy atom. The third-order valence-corrected chi connectivity index (χ3v) is 3.10. The molecule has 0 radical (unpaired) electrons. The Balaban J connectivity index is 2.23. The van der Waals surface area contributed by atoms with Crippen LogP contribution >= 0.6 is 0 Å². The zero-order chi connectivity index (χ0) is 14.9. The van der Waals surface area contributed by atoms with Gasteiger partial charge in [-0.25, -0.2) is 0 Å². The van der Waals surface area contributed by atoms with Crippen LogP contribution in [0.15, 0.2) is 36.7 Å². The number of methoxy groups -OCH3 is 1. The molecule has 1 aromatic carbocycles. The summed E-state index contributed by atoms with van der Waals surface area (Å²) < 4.78 is 4.73. The first-order valence-corrected chi connectivity index (χ1v) is 5.98. The van der Waals surface area contributed by atoms with Crippen LogP contribution in [0.2, 0.25) is 0 Å². The van der Waals surface area contributed by atoms with Gasteiger partial charge in [-0.05, 0) is 25.6 Å². The van der Waals surface area contributed by atoms with E-state index in [1.165, 1.54) is 14.0 Å². The molecule has 3 amide bonds. The highest BCUT2D eigenvalue weighted by Gasteiger charge is 2.40. The summed E-state index contributed by atoms with van der Waals surface area (Å²) in [6.07, 6.45) is 0. The third-order valence-electron chi connectivity index (χ3n) is 3.10. The van der Waals surface area contributed by atoms with E-state index in [-0.39, 0.29) is 5.88 Å². The van der Waals surface area contributed by atoms with Crippen LogP contribution in [0.25, 0.3) is 0 Å². The molecule has 2 rings (SSSR count). The summed E-state index contributed by atoms with van der Waals surface area (Å²) in [5.74, 6) is -1.43. The highest BCUT2D eigenvalue weighted by molar-refractivity contribution is 6.22. The molecule has 1 aliphatic heterocycles. The summed E-state index contributed by atoms with van der Waals surface area (Å²) in [7, 11) is 1.36. The first-order valence-electron chi connectivity index (χ1n) is 5.98.